The van der Waals surface area contributed by atoms with Crippen molar-refractivity contribution in [1.82, 2.24) is 4.90 Å². The van der Waals surface area contributed by atoms with Gasteiger partial charge in [-0.3, -0.25) is 4.79 Å². The predicted octanol–water partition coefficient (Wildman–Crippen LogP) is -0.185. The van der Waals surface area contributed by atoms with Crippen molar-refractivity contribution in [2.75, 3.05) is 13.6 Å². The molecule has 0 aromatic carbocycles. The second kappa shape index (κ2) is 3.40. The van der Waals surface area contributed by atoms with Gasteiger partial charge in [-0.05, 0) is 19.8 Å². The fourth-order valence-corrected chi connectivity index (χ4v) is 0.509. The molecule has 0 aromatic heterocycles. The van der Waals surface area contributed by atoms with Crippen LogP contribution in [-0.2, 0) is 4.79 Å². The number of terminal acetylenes is 1. The molecule has 0 rings (SSSR count). The van der Waals surface area contributed by atoms with Crippen LogP contribution in [0.1, 0.15) is 13.8 Å². The largest absolute Gasteiger partial charge is 0.329 e. The van der Waals surface area contributed by atoms with Gasteiger partial charge in [-0.15, -0.1) is 6.42 Å². The Hall–Kier alpha value is -1.01. The summed E-state index contributed by atoms with van der Waals surface area (Å²) in [6.07, 6.45) is 4.94. The second-order valence-electron chi connectivity index (χ2n) is 3.03. The summed E-state index contributed by atoms with van der Waals surface area (Å²) in [4.78, 5) is 12.4. The van der Waals surface area contributed by atoms with Gasteiger partial charge in [0.15, 0.2) is 0 Å². The van der Waals surface area contributed by atoms with Gasteiger partial charge >= 0.3 is 0 Å². The minimum Gasteiger partial charge on any atom is -0.329 e. The lowest BCUT2D eigenvalue weighted by Crippen LogP contribution is -2.49. The maximum absolute atomic E-state index is 11.0. The van der Waals surface area contributed by atoms with Crippen LogP contribution in [0.3, 0.4) is 0 Å². The van der Waals surface area contributed by atoms with Crippen molar-refractivity contribution in [2.45, 2.75) is 19.4 Å². The first-order valence-electron chi connectivity index (χ1n) is 3.40. The van der Waals surface area contributed by atoms with E-state index in [4.69, 9.17) is 12.2 Å². The van der Waals surface area contributed by atoms with E-state index in [-0.39, 0.29) is 11.4 Å². The SMILES string of the molecule is C#CC(=O)N(C)C(C)(C)CN. The van der Waals surface area contributed by atoms with E-state index >= 15 is 0 Å². The molecule has 0 bridgehead atoms. The van der Waals surface area contributed by atoms with Gasteiger partial charge in [0.05, 0.1) is 5.54 Å². The van der Waals surface area contributed by atoms with E-state index in [2.05, 4.69) is 0 Å². The Balaban J connectivity index is 4.37. The molecule has 0 radical (unpaired) electrons. The lowest BCUT2D eigenvalue weighted by atomic mass is 10.0. The van der Waals surface area contributed by atoms with E-state index in [1.165, 1.54) is 4.90 Å². The summed E-state index contributed by atoms with van der Waals surface area (Å²) in [6.45, 7) is 4.13. The van der Waals surface area contributed by atoms with Crippen LogP contribution in [-0.4, -0.2) is 29.9 Å². The predicted molar refractivity (Wildman–Crippen MR) is 44.7 cm³/mol. The second-order valence-corrected chi connectivity index (χ2v) is 3.03. The molecule has 0 saturated carbocycles. The quantitative estimate of drug-likeness (QED) is 0.561. The smallest absolute Gasteiger partial charge is 0.298 e. The van der Waals surface area contributed by atoms with Gasteiger partial charge in [0.1, 0.15) is 0 Å². The highest BCUT2D eigenvalue weighted by Crippen LogP contribution is 2.09. The molecule has 0 aliphatic rings. The molecule has 3 heteroatoms. The molecule has 1 amide bonds. The first-order valence-corrected chi connectivity index (χ1v) is 3.40. The number of hydrogen-bond acceptors (Lipinski definition) is 2. The van der Waals surface area contributed by atoms with Gasteiger partial charge in [-0.25, -0.2) is 0 Å². The number of amides is 1. The van der Waals surface area contributed by atoms with E-state index in [0.717, 1.165) is 0 Å². The number of hydrogen-bond donors (Lipinski definition) is 1. The first-order chi connectivity index (χ1) is 4.95. The summed E-state index contributed by atoms with van der Waals surface area (Å²) in [5.41, 5.74) is 5.08. The molecule has 0 aromatic rings. The molecular formula is C8H14N2O. The zero-order chi connectivity index (χ0) is 9.07. The molecule has 3 nitrogen and oxygen atoms in total. The Morgan fingerprint density at radius 2 is 2.18 bits per heavy atom. The van der Waals surface area contributed by atoms with E-state index in [1.807, 2.05) is 19.8 Å². The van der Waals surface area contributed by atoms with Crippen LogP contribution in [0.4, 0.5) is 0 Å². The van der Waals surface area contributed by atoms with Crippen LogP contribution >= 0.6 is 0 Å². The Kier molecular flexibility index (Phi) is 3.09. The highest BCUT2D eigenvalue weighted by molar-refractivity contribution is 5.93. The fraction of sp³-hybridized carbons (Fsp3) is 0.625. The van der Waals surface area contributed by atoms with Gasteiger partial charge in [0, 0.05) is 13.6 Å². The third kappa shape index (κ3) is 2.24. The van der Waals surface area contributed by atoms with Crippen LogP contribution in [0.15, 0.2) is 0 Å². The first kappa shape index (κ1) is 9.99. The van der Waals surface area contributed by atoms with Gasteiger partial charge in [0.2, 0.25) is 0 Å². The minimum absolute atomic E-state index is 0.333. The van der Waals surface area contributed by atoms with Crippen molar-refractivity contribution >= 4 is 5.91 Å². The normalized spacial score (nSPS) is 10.5. The monoisotopic (exact) mass is 154 g/mol. The topological polar surface area (TPSA) is 46.3 Å². The molecule has 0 aliphatic heterocycles. The number of rotatable bonds is 2. The molecule has 0 fully saturated rings. The number of nitrogens with zero attached hydrogens (tertiary/aromatic N) is 1. The zero-order valence-electron chi connectivity index (χ0n) is 7.22. The lowest BCUT2D eigenvalue weighted by Gasteiger charge is -2.32. The van der Waals surface area contributed by atoms with Gasteiger partial charge in [-0.2, -0.15) is 0 Å². The van der Waals surface area contributed by atoms with Crippen LogP contribution in [0.25, 0.3) is 0 Å². The molecule has 62 valence electrons. The molecule has 0 spiro atoms. The van der Waals surface area contributed by atoms with Crippen LogP contribution < -0.4 is 5.73 Å². The van der Waals surface area contributed by atoms with Crippen LogP contribution in [0, 0.1) is 12.3 Å². The standard InChI is InChI=1S/C8H14N2O/c1-5-7(11)10(4)8(2,3)6-9/h1H,6,9H2,2-4H3. The Labute approximate surface area is 67.6 Å². The summed E-state index contributed by atoms with van der Waals surface area (Å²) in [5.74, 6) is 1.70. The number of carbonyl (C=O) groups excluding carboxylic acids is 1. The Morgan fingerprint density at radius 3 is 2.45 bits per heavy atom. The summed E-state index contributed by atoms with van der Waals surface area (Å²) in [7, 11) is 1.65. The van der Waals surface area contributed by atoms with E-state index in [1.54, 1.807) is 7.05 Å². The maximum atomic E-state index is 11.0. The third-order valence-corrected chi connectivity index (χ3v) is 1.84. The average molecular weight is 154 g/mol. The minimum atomic E-state index is -0.358. The average Bonchev–Trinajstić information content (AvgIpc) is 2.01. The van der Waals surface area contributed by atoms with Crippen molar-refractivity contribution in [1.29, 1.82) is 0 Å². The van der Waals surface area contributed by atoms with E-state index in [0.29, 0.717) is 6.54 Å². The van der Waals surface area contributed by atoms with Crippen molar-refractivity contribution in [3.63, 3.8) is 0 Å². The van der Waals surface area contributed by atoms with Crippen molar-refractivity contribution in [3.05, 3.63) is 0 Å². The zero-order valence-corrected chi connectivity index (χ0v) is 7.22. The van der Waals surface area contributed by atoms with Gasteiger partial charge in [-0.1, -0.05) is 0 Å². The van der Waals surface area contributed by atoms with Crippen LogP contribution in [0.5, 0.6) is 0 Å². The maximum Gasteiger partial charge on any atom is 0.298 e. The van der Waals surface area contributed by atoms with Gasteiger partial charge in [0.25, 0.3) is 5.91 Å². The van der Waals surface area contributed by atoms with Crippen molar-refractivity contribution in [2.24, 2.45) is 5.73 Å². The molecule has 0 heterocycles. The molecule has 0 atom stereocenters. The summed E-state index contributed by atoms with van der Waals surface area (Å²) >= 11 is 0. The van der Waals surface area contributed by atoms with Crippen LogP contribution in [0.2, 0.25) is 0 Å². The lowest BCUT2D eigenvalue weighted by molar-refractivity contribution is -0.128. The summed E-state index contributed by atoms with van der Waals surface area (Å²) in [6, 6.07) is 0. The van der Waals surface area contributed by atoms with E-state index in [9.17, 15) is 4.79 Å². The Bertz CT molecular complexity index is 191. The van der Waals surface area contributed by atoms with Crippen molar-refractivity contribution < 1.29 is 4.79 Å². The molecule has 0 saturated heterocycles. The number of likely N-dealkylation sites (N-methyl/N-ethyl adjacent to an activating group) is 1. The molecule has 2 N–H and O–H groups in total. The highest BCUT2D eigenvalue weighted by atomic mass is 16.2. The summed E-state index contributed by atoms with van der Waals surface area (Å²) in [5, 5.41) is 0. The van der Waals surface area contributed by atoms with E-state index < -0.39 is 0 Å². The molecule has 0 unspecified atom stereocenters. The molecular weight excluding hydrogens is 140 g/mol. The third-order valence-electron chi connectivity index (χ3n) is 1.84. The molecule has 11 heavy (non-hydrogen) atoms. The Morgan fingerprint density at radius 1 is 1.73 bits per heavy atom. The number of nitrogens with two attached hydrogens (primary N) is 1. The number of carbonyl (C=O) groups is 1. The molecule has 0 aliphatic carbocycles. The highest BCUT2D eigenvalue weighted by Gasteiger charge is 2.24. The fourth-order valence-electron chi connectivity index (χ4n) is 0.509. The van der Waals surface area contributed by atoms with Crippen molar-refractivity contribution in [3.8, 4) is 12.3 Å². The van der Waals surface area contributed by atoms with Gasteiger partial charge < -0.3 is 10.6 Å². The summed E-state index contributed by atoms with van der Waals surface area (Å²) < 4.78 is 0.